The summed E-state index contributed by atoms with van der Waals surface area (Å²) in [5.74, 6) is 0.486. The Balaban J connectivity index is 1.90. The molecule has 0 spiro atoms. The predicted molar refractivity (Wildman–Crippen MR) is 92.1 cm³/mol. The predicted octanol–water partition coefficient (Wildman–Crippen LogP) is 2.48. The molecular weight excluding hydrogens is 375 g/mol. The van der Waals surface area contributed by atoms with Gasteiger partial charge in [0.25, 0.3) is 0 Å². The van der Waals surface area contributed by atoms with Crippen LogP contribution < -0.4 is 14.8 Å². The molecule has 1 amide bonds. The first-order valence-corrected chi connectivity index (χ1v) is 8.32. The number of alkyl halides is 3. The van der Waals surface area contributed by atoms with Crippen molar-refractivity contribution in [2.24, 2.45) is 0 Å². The van der Waals surface area contributed by atoms with E-state index in [2.05, 4.69) is 5.32 Å². The fraction of sp³-hybridized carbons (Fsp3) is 0.562. The largest absolute Gasteiger partial charge is 0.495 e. The number of rotatable bonds is 6. The first-order chi connectivity index (χ1) is 12.2. The van der Waals surface area contributed by atoms with Crippen molar-refractivity contribution in [3.63, 3.8) is 0 Å². The smallest absolute Gasteiger partial charge is 0.401 e. The quantitative estimate of drug-likeness (QED) is 0.802. The second-order valence-corrected chi connectivity index (χ2v) is 6.31. The SMILES string of the molecule is COc1cc(NC(=O)CN2CCN(CC(F)(F)F)CC2)c(OC)cc1Cl. The molecule has 0 saturated carbocycles. The number of ether oxygens (including phenoxy) is 2. The highest BCUT2D eigenvalue weighted by Gasteiger charge is 2.32. The minimum absolute atomic E-state index is 0.0773. The van der Waals surface area contributed by atoms with Gasteiger partial charge in [-0.15, -0.1) is 0 Å². The van der Waals surface area contributed by atoms with Gasteiger partial charge in [-0.25, -0.2) is 0 Å². The average Bonchev–Trinajstić information content (AvgIpc) is 2.56. The van der Waals surface area contributed by atoms with Gasteiger partial charge in [-0.1, -0.05) is 11.6 Å². The van der Waals surface area contributed by atoms with E-state index in [0.29, 0.717) is 35.3 Å². The van der Waals surface area contributed by atoms with E-state index in [0.717, 1.165) is 0 Å². The van der Waals surface area contributed by atoms with Crippen LogP contribution in [0.4, 0.5) is 18.9 Å². The maximum Gasteiger partial charge on any atom is 0.401 e. The molecule has 0 bridgehead atoms. The monoisotopic (exact) mass is 395 g/mol. The highest BCUT2D eigenvalue weighted by Crippen LogP contribution is 2.35. The number of halogens is 4. The zero-order valence-electron chi connectivity index (χ0n) is 14.5. The zero-order valence-corrected chi connectivity index (χ0v) is 15.3. The number of carbonyl (C=O) groups is 1. The molecule has 146 valence electrons. The van der Waals surface area contributed by atoms with Crippen LogP contribution in [0.5, 0.6) is 11.5 Å². The number of carbonyl (C=O) groups excluding carboxylic acids is 1. The van der Waals surface area contributed by atoms with Crippen molar-refractivity contribution in [1.29, 1.82) is 0 Å². The molecule has 1 fully saturated rings. The number of anilines is 1. The van der Waals surface area contributed by atoms with E-state index >= 15 is 0 Å². The Kier molecular flexibility index (Phi) is 6.96. The number of nitrogens with zero attached hydrogens (tertiary/aromatic N) is 2. The van der Waals surface area contributed by atoms with E-state index in [1.807, 2.05) is 4.90 Å². The topological polar surface area (TPSA) is 54.0 Å². The van der Waals surface area contributed by atoms with Crippen LogP contribution in [0.2, 0.25) is 5.02 Å². The second-order valence-electron chi connectivity index (χ2n) is 5.90. The molecule has 1 aromatic rings. The highest BCUT2D eigenvalue weighted by atomic mass is 35.5. The Hall–Kier alpha value is -1.71. The van der Waals surface area contributed by atoms with Gasteiger partial charge in [-0.2, -0.15) is 13.2 Å². The summed E-state index contributed by atoms with van der Waals surface area (Å²) in [6.07, 6.45) is -4.20. The number of benzene rings is 1. The van der Waals surface area contributed by atoms with Crippen LogP contribution in [0, 0.1) is 0 Å². The standard InChI is InChI=1S/C16H21ClF3N3O3/c1-25-13-8-12(14(26-2)7-11(13)17)21-15(24)9-22-3-5-23(6-4-22)10-16(18,19)20/h7-8H,3-6,9-10H2,1-2H3,(H,21,24). The summed E-state index contributed by atoms with van der Waals surface area (Å²) in [5.41, 5.74) is 0.412. The minimum atomic E-state index is -4.20. The molecule has 1 N–H and O–H groups in total. The summed E-state index contributed by atoms with van der Waals surface area (Å²) >= 11 is 6.02. The van der Waals surface area contributed by atoms with Crippen LogP contribution in [-0.2, 0) is 4.79 Å². The Morgan fingerprint density at radius 2 is 1.69 bits per heavy atom. The number of amides is 1. The van der Waals surface area contributed by atoms with Crippen molar-refractivity contribution in [2.75, 3.05) is 58.8 Å². The Morgan fingerprint density at radius 1 is 1.12 bits per heavy atom. The van der Waals surface area contributed by atoms with Gasteiger partial charge < -0.3 is 14.8 Å². The molecule has 0 aromatic heterocycles. The summed E-state index contributed by atoms with van der Waals surface area (Å²) < 4.78 is 47.5. The van der Waals surface area contributed by atoms with Gasteiger partial charge in [0.05, 0.1) is 38.0 Å². The molecule has 0 atom stereocenters. The lowest BCUT2D eigenvalue weighted by molar-refractivity contribution is -0.149. The third-order valence-corrected chi connectivity index (χ3v) is 4.28. The van der Waals surface area contributed by atoms with Gasteiger partial charge in [-0.3, -0.25) is 14.6 Å². The van der Waals surface area contributed by atoms with E-state index in [4.69, 9.17) is 21.1 Å². The summed E-state index contributed by atoms with van der Waals surface area (Å²) in [6, 6.07) is 3.09. The lowest BCUT2D eigenvalue weighted by Gasteiger charge is -2.34. The molecule has 0 aliphatic carbocycles. The Bertz CT molecular complexity index is 635. The van der Waals surface area contributed by atoms with Gasteiger partial charge in [0.1, 0.15) is 11.5 Å². The molecule has 0 radical (unpaired) electrons. The molecule has 0 unspecified atom stereocenters. The van der Waals surface area contributed by atoms with E-state index in [-0.39, 0.29) is 25.5 Å². The van der Waals surface area contributed by atoms with Gasteiger partial charge >= 0.3 is 6.18 Å². The molecule has 2 rings (SSSR count). The van der Waals surface area contributed by atoms with Crippen molar-refractivity contribution in [3.8, 4) is 11.5 Å². The van der Waals surface area contributed by atoms with Crippen molar-refractivity contribution in [2.45, 2.75) is 6.18 Å². The van der Waals surface area contributed by atoms with Gasteiger partial charge in [0.2, 0.25) is 5.91 Å². The van der Waals surface area contributed by atoms with Crippen LogP contribution in [0.3, 0.4) is 0 Å². The molecule has 1 aliphatic rings. The maximum absolute atomic E-state index is 12.4. The van der Waals surface area contributed by atoms with Gasteiger partial charge in [-0.05, 0) is 0 Å². The lowest BCUT2D eigenvalue weighted by atomic mass is 10.2. The van der Waals surface area contributed by atoms with Crippen molar-refractivity contribution >= 4 is 23.2 Å². The van der Waals surface area contributed by atoms with Crippen LogP contribution >= 0.6 is 11.6 Å². The first-order valence-electron chi connectivity index (χ1n) is 7.94. The van der Waals surface area contributed by atoms with E-state index < -0.39 is 12.7 Å². The molecule has 6 nitrogen and oxygen atoms in total. The minimum Gasteiger partial charge on any atom is -0.495 e. The molecular formula is C16H21ClF3N3O3. The third kappa shape index (κ3) is 5.93. The van der Waals surface area contributed by atoms with Crippen LogP contribution in [0.25, 0.3) is 0 Å². The lowest BCUT2D eigenvalue weighted by Crippen LogP contribution is -2.50. The van der Waals surface area contributed by atoms with E-state index in [1.165, 1.54) is 25.2 Å². The molecule has 1 aromatic carbocycles. The number of nitrogens with one attached hydrogen (secondary N) is 1. The second kappa shape index (κ2) is 8.79. The van der Waals surface area contributed by atoms with E-state index in [1.54, 1.807) is 6.07 Å². The molecule has 1 saturated heterocycles. The molecule has 26 heavy (non-hydrogen) atoms. The van der Waals surface area contributed by atoms with Crippen LogP contribution in [0.15, 0.2) is 12.1 Å². The fourth-order valence-corrected chi connectivity index (χ4v) is 2.94. The average molecular weight is 396 g/mol. The normalized spacial score (nSPS) is 16.4. The summed E-state index contributed by atoms with van der Waals surface area (Å²) in [6.45, 7) is 0.480. The Morgan fingerprint density at radius 3 is 2.23 bits per heavy atom. The summed E-state index contributed by atoms with van der Waals surface area (Å²) in [7, 11) is 2.91. The van der Waals surface area contributed by atoms with Gasteiger partial charge in [0.15, 0.2) is 0 Å². The van der Waals surface area contributed by atoms with Crippen molar-refractivity contribution < 1.29 is 27.4 Å². The molecule has 1 aliphatic heterocycles. The zero-order chi connectivity index (χ0) is 19.3. The van der Waals surface area contributed by atoms with Crippen LogP contribution in [-0.4, -0.2) is 75.4 Å². The molecule has 1 heterocycles. The number of hydrogen-bond donors (Lipinski definition) is 1. The van der Waals surface area contributed by atoms with Crippen LogP contribution in [0.1, 0.15) is 0 Å². The van der Waals surface area contributed by atoms with Crippen molar-refractivity contribution in [1.82, 2.24) is 9.80 Å². The van der Waals surface area contributed by atoms with E-state index in [9.17, 15) is 18.0 Å². The third-order valence-electron chi connectivity index (χ3n) is 3.98. The fourth-order valence-electron chi connectivity index (χ4n) is 2.71. The number of piperazine rings is 1. The highest BCUT2D eigenvalue weighted by molar-refractivity contribution is 6.32. The number of methoxy groups -OCH3 is 2. The number of hydrogen-bond acceptors (Lipinski definition) is 5. The first kappa shape index (κ1) is 20.6. The summed E-state index contributed by atoms with van der Waals surface area (Å²) in [5, 5.41) is 3.07. The van der Waals surface area contributed by atoms with Crippen molar-refractivity contribution in [3.05, 3.63) is 17.2 Å². The summed E-state index contributed by atoms with van der Waals surface area (Å²) in [4.78, 5) is 15.4. The molecule has 10 heteroatoms. The maximum atomic E-state index is 12.4. The Labute approximate surface area is 154 Å². The van der Waals surface area contributed by atoms with Gasteiger partial charge in [0, 0.05) is 38.3 Å².